The summed E-state index contributed by atoms with van der Waals surface area (Å²) in [5.74, 6) is 1.29. The molecule has 2 aromatic carbocycles. The summed E-state index contributed by atoms with van der Waals surface area (Å²) >= 11 is 0. The number of nitrogens with one attached hydrogen (secondary N) is 1. The average molecular weight is 415 g/mol. The van der Waals surface area contributed by atoms with Crippen molar-refractivity contribution in [2.75, 3.05) is 27.1 Å². The molecule has 1 amide bonds. The second-order valence-electron chi connectivity index (χ2n) is 6.61. The standard InChI is InChI=1S/C22H25NO7/c1-3-4-9-27-17-8-6-16(11-19(17)26-2)22(25)28-13-21(24)23-12-15-5-7-18-20(10-15)30-14-29-18/h5-8,10-11H,3-4,9,12-14H2,1-2H3,(H,23,24). The van der Waals surface area contributed by atoms with E-state index in [2.05, 4.69) is 12.2 Å². The number of fused-ring (bicyclic) bond motifs is 1. The second kappa shape index (κ2) is 10.4. The van der Waals surface area contributed by atoms with E-state index in [0.717, 1.165) is 18.4 Å². The predicted octanol–water partition coefficient (Wildman–Crippen LogP) is 3.08. The molecule has 1 heterocycles. The second-order valence-corrected chi connectivity index (χ2v) is 6.61. The number of carbonyl (C=O) groups is 2. The summed E-state index contributed by atoms with van der Waals surface area (Å²) in [6.45, 7) is 2.73. The number of unbranched alkanes of at least 4 members (excludes halogenated alkanes) is 1. The van der Waals surface area contributed by atoms with Gasteiger partial charge in [0, 0.05) is 6.54 Å². The zero-order valence-electron chi connectivity index (χ0n) is 17.1. The molecule has 8 heteroatoms. The summed E-state index contributed by atoms with van der Waals surface area (Å²) in [4.78, 5) is 24.3. The maximum atomic E-state index is 12.3. The first kappa shape index (κ1) is 21.3. The van der Waals surface area contributed by atoms with Gasteiger partial charge in [0.15, 0.2) is 29.6 Å². The van der Waals surface area contributed by atoms with Crippen LogP contribution in [0.1, 0.15) is 35.7 Å². The van der Waals surface area contributed by atoms with Gasteiger partial charge in [-0.1, -0.05) is 19.4 Å². The van der Waals surface area contributed by atoms with Gasteiger partial charge in [0.05, 0.1) is 19.3 Å². The third-order valence-electron chi connectivity index (χ3n) is 4.42. The minimum atomic E-state index is -0.619. The smallest absolute Gasteiger partial charge is 0.338 e. The number of hydrogen-bond donors (Lipinski definition) is 1. The summed E-state index contributed by atoms with van der Waals surface area (Å²) in [5, 5.41) is 2.70. The minimum absolute atomic E-state index is 0.192. The summed E-state index contributed by atoms with van der Waals surface area (Å²) in [6.07, 6.45) is 1.94. The molecule has 0 radical (unpaired) electrons. The van der Waals surface area contributed by atoms with Gasteiger partial charge in [-0.05, 0) is 42.3 Å². The van der Waals surface area contributed by atoms with E-state index in [1.165, 1.54) is 13.2 Å². The topological polar surface area (TPSA) is 92.3 Å². The lowest BCUT2D eigenvalue weighted by atomic mass is 10.2. The highest BCUT2D eigenvalue weighted by molar-refractivity contribution is 5.92. The van der Waals surface area contributed by atoms with E-state index >= 15 is 0 Å². The van der Waals surface area contributed by atoms with Crippen LogP contribution in [0.15, 0.2) is 36.4 Å². The largest absolute Gasteiger partial charge is 0.493 e. The van der Waals surface area contributed by atoms with Crippen molar-refractivity contribution < 1.29 is 33.3 Å². The maximum absolute atomic E-state index is 12.3. The first-order valence-corrected chi connectivity index (χ1v) is 9.74. The van der Waals surface area contributed by atoms with Gasteiger partial charge in [-0.15, -0.1) is 0 Å². The summed E-state index contributed by atoms with van der Waals surface area (Å²) < 4.78 is 26.6. The Bertz CT molecular complexity index is 897. The van der Waals surface area contributed by atoms with Crippen molar-refractivity contribution in [3.8, 4) is 23.0 Å². The van der Waals surface area contributed by atoms with Crippen molar-refractivity contribution in [1.82, 2.24) is 5.32 Å². The van der Waals surface area contributed by atoms with Gasteiger partial charge in [0.25, 0.3) is 5.91 Å². The van der Waals surface area contributed by atoms with Crippen molar-refractivity contribution in [3.63, 3.8) is 0 Å². The van der Waals surface area contributed by atoms with Crippen LogP contribution in [0.2, 0.25) is 0 Å². The van der Waals surface area contributed by atoms with E-state index in [9.17, 15) is 9.59 Å². The van der Waals surface area contributed by atoms with E-state index in [-0.39, 0.29) is 25.5 Å². The third-order valence-corrected chi connectivity index (χ3v) is 4.42. The van der Waals surface area contributed by atoms with Crippen LogP contribution in [0.25, 0.3) is 0 Å². The van der Waals surface area contributed by atoms with Crippen LogP contribution >= 0.6 is 0 Å². The lowest BCUT2D eigenvalue weighted by Crippen LogP contribution is -2.28. The molecule has 30 heavy (non-hydrogen) atoms. The Balaban J connectivity index is 1.47. The molecule has 0 atom stereocenters. The van der Waals surface area contributed by atoms with Gasteiger partial charge < -0.3 is 29.0 Å². The van der Waals surface area contributed by atoms with Crippen molar-refractivity contribution in [1.29, 1.82) is 0 Å². The van der Waals surface area contributed by atoms with Gasteiger partial charge in [-0.3, -0.25) is 4.79 Å². The number of carbonyl (C=O) groups excluding carboxylic acids is 2. The Morgan fingerprint density at radius 2 is 1.90 bits per heavy atom. The normalized spacial score (nSPS) is 11.7. The van der Waals surface area contributed by atoms with Crippen LogP contribution in [0, 0.1) is 0 Å². The number of benzene rings is 2. The van der Waals surface area contributed by atoms with Crippen molar-refractivity contribution in [2.45, 2.75) is 26.3 Å². The van der Waals surface area contributed by atoms with Crippen molar-refractivity contribution in [2.24, 2.45) is 0 Å². The van der Waals surface area contributed by atoms with E-state index in [4.69, 9.17) is 23.7 Å². The summed E-state index contributed by atoms with van der Waals surface area (Å²) in [7, 11) is 1.50. The molecule has 0 unspecified atom stereocenters. The highest BCUT2D eigenvalue weighted by atomic mass is 16.7. The number of esters is 1. The van der Waals surface area contributed by atoms with Crippen LogP contribution in [0.5, 0.6) is 23.0 Å². The quantitative estimate of drug-likeness (QED) is 0.471. The molecule has 0 saturated heterocycles. The molecule has 0 bridgehead atoms. The van der Waals surface area contributed by atoms with E-state index in [0.29, 0.717) is 29.6 Å². The highest BCUT2D eigenvalue weighted by Crippen LogP contribution is 2.32. The SMILES string of the molecule is CCCCOc1ccc(C(=O)OCC(=O)NCc2ccc3c(c2)OCO3)cc1OC. The van der Waals surface area contributed by atoms with Crippen LogP contribution in [0.3, 0.4) is 0 Å². The van der Waals surface area contributed by atoms with Crippen molar-refractivity contribution in [3.05, 3.63) is 47.5 Å². The minimum Gasteiger partial charge on any atom is -0.493 e. The van der Waals surface area contributed by atoms with Crippen LogP contribution in [-0.2, 0) is 16.1 Å². The molecule has 0 spiro atoms. The molecule has 3 rings (SSSR count). The lowest BCUT2D eigenvalue weighted by Gasteiger charge is -2.12. The molecule has 160 valence electrons. The Hall–Kier alpha value is -3.42. The van der Waals surface area contributed by atoms with E-state index in [1.54, 1.807) is 24.3 Å². The molecule has 0 aromatic heterocycles. The maximum Gasteiger partial charge on any atom is 0.338 e. The monoisotopic (exact) mass is 415 g/mol. The van der Waals surface area contributed by atoms with Gasteiger partial charge in [0.2, 0.25) is 6.79 Å². The molecule has 1 aliphatic heterocycles. The first-order valence-electron chi connectivity index (χ1n) is 9.74. The number of hydrogen-bond acceptors (Lipinski definition) is 7. The molecule has 0 saturated carbocycles. The fourth-order valence-corrected chi connectivity index (χ4v) is 2.76. The molecular formula is C22H25NO7. The fraction of sp³-hybridized carbons (Fsp3) is 0.364. The predicted molar refractivity (Wildman–Crippen MR) is 108 cm³/mol. The zero-order valence-corrected chi connectivity index (χ0v) is 17.1. The van der Waals surface area contributed by atoms with E-state index in [1.807, 2.05) is 6.07 Å². The number of ether oxygens (including phenoxy) is 5. The Morgan fingerprint density at radius 1 is 1.07 bits per heavy atom. The Labute approximate surface area is 175 Å². The zero-order chi connectivity index (χ0) is 21.3. The van der Waals surface area contributed by atoms with Gasteiger partial charge >= 0.3 is 5.97 Å². The Morgan fingerprint density at radius 3 is 2.70 bits per heavy atom. The van der Waals surface area contributed by atoms with Gasteiger partial charge in [-0.2, -0.15) is 0 Å². The highest BCUT2D eigenvalue weighted by Gasteiger charge is 2.15. The van der Waals surface area contributed by atoms with Crippen LogP contribution in [0.4, 0.5) is 0 Å². The van der Waals surface area contributed by atoms with Crippen LogP contribution in [-0.4, -0.2) is 39.0 Å². The number of methoxy groups -OCH3 is 1. The molecule has 1 aliphatic rings. The summed E-state index contributed by atoms with van der Waals surface area (Å²) in [6, 6.07) is 10.2. The summed E-state index contributed by atoms with van der Waals surface area (Å²) in [5.41, 5.74) is 1.13. The third kappa shape index (κ3) is 5.56. The molecule has 0 fully saturated rings. The van der Waals surface area contributed by atoms with Crippen molar-refractivity contribution >= 4 is 11.9 Å². The van der Waals surface area contributed by atoms with Crippen LogP contribution < -0.4 is 24.3 Å². The van der Waals surface area contributed by atoms with Gasteiger partial charge in [-0.25, -0.2) is 4.79 Å². The average Bonchev–Trinajstić information content (AvgIpc) is 3.24. The molecule has 1 N–H and O–H groups in total. The first-order chi connectivity index (χ1) is 14.6. The fourth-order valence-electron chi connectivity index (χ4n) is 2.76. The lowest BCUT2D eigenvalue weighted by molar-refractivity contribution is -0.124. The molecule has 8 nitrogen and oxygen atoms in total. The number of rotatable bonds is 10. The molecule has 2 aromatic rings. The molecular weight excluding hydrogens is 390 g/mol. The van der Waals surface area contributed by atoms with Gasteiger partial charge in [0.1, 0.15) is 0 Å². The van der Waals surface area contributed by atoms with E-state index < -0.39 is 11.9 Å². The number of amides is 1. The Kier molecular flexibility index (Phi) is 7.37. The molecule has 0 aliphatic carbocycles.